The number of rotatable bonds is 1. The van der Waals surface area contributed by atoms with E-state index in [2.05, 4.69) is 20.8 Å². The normalized spacial score (nSPS) is 63.7. The minimum atomic E-state index is -0.517. The third-order valence-corrected chi connectivity index (χ3v) is 12.2. The molecule has 182 valence electrons. The average molecular weight is 449 g/mol. The largest absolute Gasteiger partial charge is 0.393 e. The SMILES string of the molecule is C[C@H]1[C@H]2[C@H](C[C@H]3[C@@H]4CC[C@H]5C[C@H](O)C[C@@H](O)[C@]5(C)[C@H]4CC[C@]23C)O[C@@]12CC[C@](C)(CO)O2. The topological polar surface area (TPSA) is 79.2 Å². The van der Waals surface area contributed by atoms with Gasteiger partial charge in [0.1, 0.15) is 0 Å². The first-order chi connectivity index (χ1) is 15.1. The van der Waals surface area contributed by atoms with E-state index in [9.17, 15) is 15.3 Å². The summed E-state index contributed by atoms with van der Waals surface area (Å²) in [5.74, 6) is 2.66. The van der Waals surface area contributed by atoms with Crippen molar-refractivity contribution in [2.45, 2.75) is 115 Å². The molecule has 4 aliphatic carbocycles. The second-order valence-corrected chi connectivity index (χ2v) is 13.4. The summed E-state index contributed by atoms with van der Waals surface area (Å²) in [5, 5.41) is 31.3. The van der Waals surface area contributed by atoms with E-state index >= 15 is 0 Å². The van der Waals surface area contributed by atoms with Gasteiger partial charge in [0.05, 0.1) is 30.5 Å². The molecule has 3 N–H and O–H groups in total. The Kier molecular flexibility index (Phi) is 4.83. The standard InChI is InChI=1S/C27H44O5/c1-15-23-21(31-27(15)10-9-24(2,14-28)32-27)13-20-18-6-5-16-11-17(29)12-22(30)26(16,4)19(18)7-8-25(20,23)3/h15-23,28-30H,5-14H2,1-4H3/t15-,16-,17-,18+,19-,20-,21-,22+,23-,24+,25-,26-,27+/m0/s1. The Balaban J connectivity index is 1.27. The minimum Gasteiger partial charge on any atom is -0.393 e. The number of hydrogen-bond donors (Lipinski definition) is 3. The molecule has 13 atom stereocenters. The molecule has 6 aliphatic rings. The summed E-state index contributed by atoms with van der Waals surface area (Å²) in [5.41, 5.74) is -0.259. The molecule has 1 spiro atoms. The predicted molar refractivity (Wildman–Crippen MR) is 121 cm³/mol. The van der Waals surface area contributed by atoms with Gasteiger partial charge in [0.2, 0.25) is 0 Å². The van der Waals surface area contributed by atoms with Crippen LogP contribution in [0.3, 0.4) is 0 Å². The molecule has 0 radical (unpaired) electrons. The van der Waals surface area contributed by atoms with E-state index < -0.39 is 11.4 Å². The fourth-order valence-electron chi connectivity index (χ4n) is 10.4. The van der Waals surface area contributed by atoms with Crippen molar-refractivity contribution in [3.8, 4) is 0 Å². The van der Waals surface area contributed by atoms with E-state index in [0.717, 1.165) is 32.1 Å². The lowest BCUT2D eigenvalue weighted by atomic mass is 9.43. The maximum absolute atomic E-state index is 11.2. The highest BCUT2D eigenvalue weighted by molar-refractivity contribution is 5.17. The molecule has 4 saturated carbocycles. The third-order valence-electron chi connectivity index (χ3n) is 12.2. The Morgan fingerprint density at radius 3 is 2.41 bits per heavy atom. The molecule has 32 heavy (non-hydrogen) atoms. The highest BCUT2D eigenvalue weighted by Gasteiger charge is 2.71. The van der Waals surface area contributed by atoms with Crippen molar-refractivity contribution in [3.05, 3.63) is 0 Å². The van der Waals surface area contributed by atoms with Gasteiger partial charge in [-0.3, -0.25) is 0 Å². The van der Waals surface area contributed by atoms with Crippen molar-refractivity contribution in [2.24, 2.45) is 46.3 Å². The molecule has 6 fully saturated rings. The summed E-state index contributed by atoms with van der Waals surface area (Å²) < 4.78 is 13.3. The fraction of sp³-hybridized carbons (Fsp3) is 1.00. The van der Waals surface area contributed by atoms with E-state index in [4.69, 9.17) is 9.47 Å². The summed E-state index contributed by atoms with van der Waals surface area (Å²) >= 11 is 0. The van der Waals surface area contributed by atoms with Crippen LogP contribution >= 0.6 is 0 Å². The first kappa shape index (κ1) is 22.3. The Morgan fingerprint density at radius 2 is 1.69 bits per heavy atom. The number of aliphatic hydroxyl groups excluding tert-OH is 3. The van der Waals surface area contributed by atoms with Crippen LogP contribution in [0.15, 0.2) is 0 Å². The first-order valence-electron chi connectivity index (χ1n) is 13.4. The number of aliphatic hydroxyl groups is 3. The Hall–Kier alpha value is -0.200. The van der Waals surface area contributed by atoms with Crippen LogP contribution in [-0.2, 0) is 9.47 Å². The van der Waals surface area contributed by atoms with Crippen LogP contribution in [0.4, 0.5) is 0 Å². The molecule has 5 nitrogen and oxygen atoms in total. The molecule has 5 heteroatoms. The van der Waals surface area contributed by atoms with Crippen LogP contribution < -0.4 is 0 Å². The van der Waals surface area contributed by atoms with E-state index in [-0.39, 0.29) is 35.7 Å². The monoisotopic (exact) mass is 448 g/mol. The number of ether oxygens (including phenoxy) is 2. The van der Waals surface area contributed by atoms with Gasteiger partial charge >= 0.3 is 0 Å². The van der Waals surface area contributed by atoms with Gasteiger partial charge in [-0.1, -0.05) is 20.8 Å². The van der Waals surface area contributed by atoms with Gasteiger partial charge in [0, 0.05) is 12.3 Å². The minimum absolute atomic E-state index is 0.0492. The van der Waals surface area contributed by atoms with Crippen LogP contribution in [0, 0.1) is 46.3 Å². The molecule has 0 bridgehead atoms. The van der Waals surface area contributed by atoms with Gasteiger partial charge in [-0.25, -0.2) is 0 Å². The summed E-state index contributed by atoms with van der Waals surface area (Å²) in [6, 6.07) is 0. The van der Waals surface area contributed by atoms with Crippen molar-refractivity contribution < 1.29 is 24.8 Å². The molecule has 6 rings (SSSR count). The molecule has 0 unspecified atom stereocenters. The lowest BCUT2D eigenvalue weighted by molar-refractivity contribution is -0.263. The fourth-order valence-corrected chi connectivity index (χ4v) is 10.4. The lowest BCUT2D eigenvalue weighted by Crippen LogP contribution is -2.59. The van der Waals surface area contributed by atoms with Crippen molar-refractivity contribution in [2.75, 3.05) is 6.61 Å². The molecule has 2 aliphatic heterocycles. The highest BCUT2D eigenvalue weighted by Crippen LogP contribution is 2.71. The summed E-state index contributed by atoms with van der Waals surface area (Å²) in [6.07, 6.45) is 8.61. The van der Waals surface area contributed by atoms with E-state index in [0.29, 0.717) is 41.9 Å². The zero-order valence-corrected chi connectivity index (χ0v) is 20.4. The van der Waals surface area contributed by atoms with Gasteiger partial charge in [-0.15, -0.1) is 0 Å². The second kappa shape index (κ2) is 6.94. The van der Waals surface area contributed by atoms with Gasteiger partial charge in [-0.2, -0.15) is 0 Å². The molecule has 0 aromatic carbocycles. The quantitative estimate of drug-likeness (QED) is 0.567. The lowest BCUT2D eigenvalue weighted by Gasteiger charge is -2.62. The van der Waals surface area contributed by atoms with Gasteiger partial charge in [0.15, 0.2) is 5.79 Å². The van der Waals surface area contributed by atoms with Gasteiger partial charge < -0.3 is 24.8 Å². The third kappa shape index (κ3) is 2.69. The molecular weight excluding hydrogens is 404 g/mol. The Morgan fingerprint density at radius 1 is 0.906 bits per heavy atom. The van der Waals surface area contributed by atoms with Crippen LogP contribution in [-0.4, -0.2) is 51.6 Å². The van der Waals surface area contributed by atoms with E-state index in [1.54, 1.807) is 0 Å². The van der Waals surface area contributed by atoms with Crippen molar-refractivity contribution >= 4 is 0 Å². The molecule has 2 heterocycles. The highest BCUT2D eigenvalue weighted by atomic mass is 16.7. The number of hydrogen-bond acceptors (Lipinski definition) is 5. The Bertz CT molecular complexity index is 773. The van der Waals surface area contributed by atoms with Gasteiger partial charge in [-0.05, 0) is 98.7 Å². The predicted octanol–water partition coefficient (Wildman–Crippen LogP) is 3.88. The van der Waals surface area contributed by atoms with Gasteiger partial charge in [0.25, 0.3) is 0 Å². The zero-order chi connectivity index (χ0) is 22.7. The van der Waals surface area contributed by atoms with Crippen molar-refractivity contribution in [3.63, 3.8) is 0 Å². The smallest absolute Gasteiger partial charge is 0.172 e. The van der Waals surface area contributed by atoms with E-state index in [1.807, 2.05) is 6.92 Å². The first-order valence-corrected chi connectivity index (χ1v) is 13.4. The second-order valence-electron chi connectivity index (χ2n) is 13.4. The summed E-state index contributed by atoms with van der Waals surface area (Å²) in [4.78, 5) is 0. The van der Waals surface area contributed by atoms with Crippen LogP contribution in [0.5, 0.6) is 0 Å². The number of fused-ring (bicyclic) bond motifs is 7. The maximum Gasteiger partial charge on any atom is 0.172 e. The molecule has 0 amide bonds. The molecule has 0 aromatic rings. The van der Waals surface area contributed by atoms with Crippen molar-refractivity contribution in [1.82, 2.24) is 0 Å². The Labute approximate surface area is 193 Å². The molecule has 0 aromatic heterocycles. The van der Waals surface area contributed by atoms with Crippen molar-refractivity contribution in [1.29, 1.82) is 0 Å². The van der Waals surface area contributed by atoms with Crippen LogP contribution in [0.1, 0.15) is 85.5 Å². The van der Waals surface area contributed by atoms with Crippen LogP contribution in [0.2, 0.25) is 0 Å². The molecular formula is C27H44O5. The van der Waals surface area contributed by atoms with E-state index in [1.165, 1.54) is 19.3 Å². The zero-order valence-electron chi connectivity index (χ0n) is 20.4. The summed E-state index contributed by atoms with van der Waals surface area (Å²) in [6.45, 7) is 9.30. The average Bonchev–Trinajstić information content (AvgIpc) is 3.33. The maximum atomic E-state index is 11.2. The van der Waals surface area contributed by atoms with Crippen LogP contribution in [0.25, 0.3) is 0 Å². The summed E-state index contributed by atoms with van der Waals surface area (Å²) in [7, 11) is 0. The molecule has 2 saturated heterocycles.